The van der Waals surface area contributed by atoms with Gasteiger partial charge in [0.2, 0.25) is 0 Å². The van der Waals surface area contributed by atoms with Crippen molar-refractivity contribution in [3.63, 3.8) is 0 Å². The number of rotatable bonds is 4. The van der Waals surface area contributed by atoms with Crippen molar-refractivity contribution in [2.75, 3.05) is 35.9 Å². The Morgan fingerprint density at radius 2 is 1.96 bits per heavy atom. The summed E-state index contributed by atoms with van der Waals surface area (Å²) in [5.41, 5.74) is 1.39. The van der Waals surface area contributed by atoms with Gasteiger partial charge in [-0.3, -0.25) is 4.72 Å². The minimum atomic E-state index is -3.83. The van der Waals surface area contributed by atoms with E-state index in [0.29, 0.717) is 48.4 Å². The second kappa shape index (κ2) is 6.62. The maximum Gasteiger partial charge on any atom is 0.267 e. The van der Waals surface area contributed by atoms with Crippen LogP contribution in [0.1, 0.15) is 11.5 Å². The Bertz CT molecular complexity index is 825. The van der Waals surface area contributed by atoms with E-state index in [9.17, 15) is 8.42 Å². The molecule has 2 aromatic rings. The van der Waals surface area contributed by atoms with Crippen LogP contribution in [0.5, 0.6) is 0 Å². The molecule has 2 heterocycles. The second-order valence-electron chi connectivity index (χ2n) is 5.49. The number of nitrogens with one attached hydrogen (secondary N) is 1. The lowest BCUT2D eigenvalue weighted by atomic mass is 10.2. The molecule has 1 aromatic heterocycles. The number of ether oxygens (including phenoxy) is 1. The van der Waals surface area contributed by atoms with Gasteiger partial charge in [-0.25, -0.2) is 8.42 Å². The summed E-state index contributed by atoms with van der Waals surface area (Å²) in [6.45, 7) is 5.58. The molecule has 1 aliphatic rings. The molecule has 1 aliphatic heterocycles. The van der Waals surface area contributed by atoms with E-state index in [1.54, 1.807) is 32.0 Å². The van der Waals surface area contributed by atoms with E-state index in [1.807, 2.05) is 4.90 Å². The van der Waals surface area contributed by atoms with Crippen molar-refractivity contribution < 1.29 is 17.7 Å². The predicted molar refractivity (Wildman–Crippen MR) is 91.3 cm³/mol. The first-order chi connectivity index (χ1) is 11.4. The third-order valence-corrected chi connectivity index (χ3v) is 5.71. The zero-order valence-electron chi connectivity index (χ0n) is 13.4. The van der Waals surface area contributed by atoms with Gasteiger partial charge in [-0.05, 0) is 26.0 Å². The average Bonchev–Trinajstić information content (AvgIpc) is 2.87. The number of aryl methyl sites for hydroxylation is 2. The maximum absolute atomic E-state index is 12.8. The number of aromatic nitrogens is 1. The van der Waals surface area contributed by atoms with Crippen LogP contribution in [0.25, 0.3) is 0 Å². The normalized spacial score (nSPS) is 15.5. The molecule has 0 saturated carbocycles. The van der Waals surface area contributed by atoms with Crippen LogP contribution in [-0.2, 0) is 14.8 Å². The number of anilines is 2. The van der Waals surface area contributed by atoms with Crippen LogP contribution in [0, 0.1) is 13.8 Å². The summed E-state index contributed by atoms with van der Waals surface area (Å²) in [6.07, 6.45) is 0. The SMILES string of the molecule is Cc1noc(C)c1S(=O)(=O)Nc1cccc(Cl)c1N1CCOCC1. The fourth-order valence-electron chi connectivity index (χ4n) is 2.76. The smallest absolute Gasteiger partial charge is 0.267 e. The highest BCUT2D eigenvalue weighted by molar-refractivity contribution is 7.92. The van der Waals surface area contributed by atoms with Gasteiger partial charge < -0.3 is 14.2 Å². The quantitative estimate of drug-likeness (QED) is 0.889. The second-order valence-corrected chi connectivity index (χ2v) is 7.52. The number of para-hydroxylation sites is 1. The van der Waals surface area contributed by atoms with Gasteiger partial charge in [-0.2, -0.15) is 0 Å². The number of benzene rings is 1. The topological polar surface area (TPSA) is 84.7 Å². The summed E-state index contributed by atoms with van der Waals surface area (Å²) >= 11 is 6.33. The summed E-state index contributed by atoms with van der Waals surface area (Å²) in [7, 11) is -3.83. The van der Waals surface area contributed by atoms with Gasteiger partial charge in [0.05, 0.1) is 29.6 Å². The Labute approximate surface area is 145 Å². The first kappa shape index (κ1) is 17.1. The van der Waals surface area contributed by atoms with E-state index >= 15 is 0 Å². The van der Waals surface area contributed by atoms with E-state index < -0.39 is 10.0 Å². The summed E-state index contributed by atoms with van der Waals surface area (Å²) in [6, 6.07) is 5.13. The van der Waals surface area contributed by atoms with Crippen molar-refractivity contribution in [2.45, 2.75) is 18.7 Å². The molecule has 0 atom stereocenters. The minimum absolute atomic E-state index is 0.0513. The van der Waals surface area contributed by atoms with Crippen LogP contribution in [0.2, 0.25) is 5.02 Å². The summed E-state index contributed by atoms with van der Waals surface area (Å²) < 4.78 is 38.4. The molecule has 0 spiro atoms. The molecular formula is C15H18ClN3O4S. The summed E-state index contributed by atoms with van der Waals surface area (Å²) in [5, 5.41) is 4.19. The fourth-order valence-corrected chi connectivity index (χ4v) is 4.45. The van der Waals surface area contributed by atoms with E-state index in [0.717, 1.165) is 0 Å². The van der Waals surface area contributed by atoms with Gasteiger partial charge >= 0.3 is 0 Å². The van der Waals surface area contributed by atoms with Crippen LogP contribution in [0.4, 0.5) is 11.4 Å². The number of morpholine rings is 1. The van der Waals surface area contributed by atoms with Gasteiger partial charge in [0, 0.05) is 13.1 Å². The first-order valence-electron chi connectivity index (χ1n) is 7.47. The van der Waals surface area contributed by atoms with Crippen molar-refractivity contribution in [1.29, 1.82) is 0 Å². The molecular weight excluding hydrogens is 354 g/mol. The minimum Gasteiger partial charge on any atom is -0.378 e. The van der Waals surface area contributed by atoms with Crippen molar-refractivity contribution in [2.24, 2.45) is 0 Å². The van der Waals surface area contributed by atoms with Crippen LogP contribution in [-0.4, -0.2) is 39.9 Å². The Balaban J connectivity index is 2.00. The highest BCUT2D eigenvalue weighted by Gasteiger charge is 2.27. The van der Waals surface area contributed by atoms with Crippen molar-refractivity contribution in [1.82, 2.24) is 5.16 Å². The first-order valence-corrected chi connectivity index (χ1v) is 9.33. The van der Waals surface area contributed by atoms with Gasteiger partial charge in [0.25, 0.3) is 10.0 Å². The van der Waals surface area contributed by atoms with Crippen LogP contribution >= 0.6 is 11.6 Å². The standard InChI is InChI=1S/C15H18ClN3O4S/c1-10-15(11(2)23-17-10)24(20,21)18-13-5-3-4-12(16)14(13)19-6-8-22-9-7-19/h3-5,18H,6-9H2,1-2H3. The van der Waals surface area contributed by atoms with Crippen LogP contribution < -0.4 is 9.62 Å². The predicted octanol–water partition coefficient (Wildman–Crippen LogP) is 2.58. The lowest BCUT2D eigenvalue weighted by molar-refractivity contribution is 0.123. The maximum atomic E-state index is 12.8. The highest BCUT2D eigenvalue weighted by atomic mass is 35.5. The molecule has 1 N–H and O–H groups in total. The molecule has 0 unspecified atom stereocenters. The molecule has 130 valence electrons. The average molecular weight is 372 g/mol. The Hall–Kier alpha value is -1.77. The van der Waals surface area contributed by atoms with E-state index in [1.165, 1.54) is 0 Å². The molecule has 7 nitrogen and oxygen atoms in total. The Morgan fingerprint density at radius 1 is 1.25 bits per heavy atom. The Morgan fingerprint density at radius 3 is 2.58 bits per heavy atom. The van der Waals surface area contributed by atoms with Crippen LogP contribution in [0.15, 0.2) is 27.6 Å². The molecule has 1 saturated heterocycles. The van der Waals surface area contributed by atoms with Gasteiger partial charge in [0.1, 0.15) is 5.69 Å². The van der Waals surface area contributed by atoms with Crippen molar-refractivity contribution >= 4 is 33.0 Å². The number of hydrogen-bond acceptors (Lipinski definition) is 6. The third-order valence-electron chi connectivity index (χ3n) is 3.80. The summed E-state index contributed by atoms with van der Waals surface area (Å²) in [4.78, 5) is 2.06. The molecule has 24 heavy (non-hydrogen) atoms. The zero-order chi connectivity index (χ0) is 17.3. The molecule has 1 fully saturated rings. The number of sulfonamides is 1. The molecule has 9 heteroatoms. The highest BCUT2D eigenvalue weighted by Crippen LogP contribution is 2.36. The molecule has 3 rings (SSSR count). The van der Waals surface area contributed by atoms with Gasteiger partial charge in [-0.1, -0.05) is 22.8 Å². The zero-order valence-corrected chi connectivity index (χ0v) is 14.9. The van der Waals surface area contributed by atoms with E-state index in [4.69, 9.17) is 20.9 Å². The van der Waals surface area contributed by atoms with Crippen LogP contribution in [0.3, 0.4) is 0 Å². The fraction of sp³-hybridized carbons (Fsp3) is 0.400. The molecule has 0 amide bonds. The molecule has 0 aliphatic carbocycles. The van der Waals surface area contributed by atoms with Crippen molar-refractivity contribution in [3.8, 4) is 0 Å². The van der Waals surface area contributed by atoms with Crippen molar-refractivity contribution in [3.05, 3.63) is 34.7 Å². The number of halogens is 1. The number of nitrogens with zero attached hydrogens (tertiary/aromatic N) is 2. The Kier molecular flexibility index (Phi) is 4.71. The molecule has 1 aromatic carbocycles. The third kappa shape index (κ3) is 3.22. The number of hydrogen-bond donors (Lipinski definition) is 1. The monoisotopic (exact) mass is 371 g/mol. The summed E-state index contributed by atoms with van der Waals surface area (Å²) in [5.74, 6) is 0.245. The molecule has 0 bridgehead atoms. The lowest BCUT2D eigenvalue weighted by Crippen LogP contribution is -2.37. The van der Waals surface area contributed by atoms with E-state index in [2.05, 4.69) is 9.88 Å². The largest absolute Gasteiger partial charge is 0.378 e. The van der Waals surface area contributed by atoms with E-state index in [-0.39, 0.29) is 10.7 Å². The lowest BCUT2D eigenvalue weighted by Gasteiger charge is -2.31. The van der Waals surface area contributed by atoms with Gasteiger partial charge in [0.15, 0.2) is 10.7 Å². The van der Waals surface area contributed by atoms with Gasteiger partial charge in [-0.15, -0.1) is 0 Å². The molecule has 0 radical (unpaired) electrons.